The van der Waals surface area contributed by atoms with Crippen LogP contribution in [0, 0.1) is 12.8 Å². The van der Waals surface area contributed by atoms with Gasteiger partial charge >= 0.3 is 0 Å². The number of nitrogens with two attached hydrogens (primary N) is 1. The van der Waals surface area contributed by atoms with Gasteiger partial charge < -0.3 is 10.6 Å². The molecule has 0 spiro atoms. The van der Waals surface area contributed by atoms with Crippen LogP contribution in [0.25, 0.3) is 0 Å². The lowest BCUT2D eigenvalue weighted by Gasteiger charge is -2.29. The van der Waals surface area contributed by atoms with E-state index < -0.39 is 0 Å². The molecule has 1 atom stereocenters. The van der Waals surface area contributed by atoms with Gasteiger partial charge in [-0.3, -0.25) is 0 Å². The van der Waals surface area contributed by atoms with E-state index in [0.717, 1.165) is 23.5 Å². The largest absolute Gasteiger partial charge is 0.357 e. The van der Waals surface area contributed by atoms with Crippen LogP contribution in [-0.2, 0) is 6.54 Å². The first kappa shape index (κ1) is 14.0. The third kappa shape index (κ3) is 3.70. The van der Waals surface area contributed by atoms with E-state index >= 15 is 0 Å². The lowest BCUT2D eigenvalue weighted by Crippen LogP contribution is -2.32. The zero-order valence-corrected chi connectivity index (χ0v) is 11.7. The van der Waals surface area contributed by atoms with Crippen LogP contribution in [0.5, 0.6) is 0 Å². The molecule has 1 rings (SSSR count). The average molecular weight is 235 g/mol. The molecule has 0 aliphatic rings. The fraction of sp³-hybridized carbons (Fsp3) is 0.643. The van der Waals surface area contributed by atoms with Crippen molar-refractivity contribution < 1.29 is 0 Å². The molecule has 0 radical (unpaired) electrons. The molecule has 1 aromatic rings. The van der Waals surface area contributed by atoms with Gasteiger partial charge in [-0.05, 0) is 32.3 Å². The van der Waals surface area contributed by atoms with Crippen LogP contribution in [0.2, 0.25) is 0 Å². The highest BCUT2D eigenvalue weighted by molar-refractivity contribution is 5.47. The van der Waals surface area contributed by atoms with E-state index in [1.54, 1.807) is 0 Å². The molecular formula is C14H25N3. The number of pyridine rings is 1. The normalized spacial score (nSPS) is 12.9. The van der Waals surface area contributed by atoms with Gasteiger partial charge in [-0.1, -0.05) is 19.9 Å². The van der Waals surface area contributed by atoms with Crippen molar-refractivity contribution in [1.29, 1.82) is 0 Å². The highest BCUT2D eigenvalue weighted by Gasteiger charge is 2.15. The molecule has 0 aliphatic heterocycles. The minimum absolute atomic E-state index is 0.481. The molecule has 17 heavy (non-hydrogen) atoms. The minimum atomic E-state index is 0.481. The predicted molar refractivity (Wildman–Crippen MR) is 74.2 cm³/mol. The SMILES string of the molecule is Cc1ccc(CN)c(N(C)C(C)CC(C)C)n1. The quantitative estimate of drug-likeness (QED) is 0.853. The molecule has 0 saturated heterocycles. The van der Waals surface area contributed by atoms with Gasteiger partial charge in [0, 0.05) is 30.9 Å². The molecule has 0 fully saturated rings. The van der Waals surface area contributed by atoms with Crippen molar-refractivity contribution in [2.75, 3.05) is 11.9 Å². The number of hydrogen-bond acceptors (Lipinski definition) is 3. The van der Waals surface area contributed by atoms with Crippen LogP contribution in [0.15, 0.2) is 12.1 Å². The van der Waals surface area contributed by atoms with Gasteiger partial charge in [0.2, 0.25) is 0 Å². The summed E-state index contributed by atoms with van der Waals surface area (Å²) in [7, 11) is 2.11. The Hall–Kier alpha value is -1.09. The number of hydrogen-bond donors (Lipinski definition) is 1. The van der Waals surface area contributed by atoms with Gasteiger partial charge in [-0.2, -0.15) is 0 Å². The minimum Gasteiger partial charge on any atom is -0.357 e. The molecule has 1 aromatic heterocycles. The van der Waals surface area contributed by atoms with E-state index in [4.69, 9.17) is 5.73 Å². The number of aryl methyl sites for hydroxylation is 1. The highest BCUT2D eigenvalue weighted by Crippen LogP contribution is 2.21. The van der Waals surface area contributed by atoms with Crippen LogP contribution in [-0.4, -0.2) is 18.1 Å². The maximum Gasteiger partial charge on any atom is 0.133 e. The van der Waals surface area contributed by atoms with E-state index in [1.807, 2.05) is 13.0 Å². The van der Waals surface area contributed by atoms with Gasteiger partial charge in [-0.15, -0.1) is 0 Å². The maximum atomic E-state index is 5.77. The van der Waals surface area contributed by atoms with Gasteiger partial charge in [0.1, 0.15) is 5.82 Å². The predicted octanol–water partition coefficient (Wildman–Crippen LogP) is 2.72. The van der Waals surface area contributed by atoms with Crippen molar-refractivity contribution in [3.05, 3.63) is 23.4 Å². The van der Waals surface area contributed by atoms with Crippen LogP contribution in [0.3, 0.4) is 0 Å². The molecule has 1 unspecified atom stereocenters. The lowest BCUT2D eigenvalue weighted by molar-refractivity contribution is 0.501. The Kier molecular flexibility index (Phi) is 4.94. The van der Waals surface area contributed by atoms with Crippen LogP contribution < -0.4 is 10.6 Å². The van der Waals surface area contributed by atoms with Crippen molar-refractivity contribution in [1.82, 2.24) is 4.98 Å². The third-order valence-corrected chi connectivity index (χ3v) is 3.12. The maximum absolute atomic E-state index is 5.77. The topological polar surface area (TPSA) is 42.1 Å². The molecule has 0 amide bonds. The Bertz CT molecular complexity index is 360. The Morgan fingerprint density at radius 3 is 2.47 bits per heavy atom. The molecule has 0 aromatic carbocycles. The Morgan fingerprint density at radius 1 is 1.29 bits per heavy atom. The summed E-state index contributed by atoms with van der Waals surface area (Å²) in [6.45, 7) is 9.30. The summed E-state index contributed by atoms with van der Waals surface area (Å²) in [5.41, 5.74) is 7.93. The van der Waals surface area contributed by atoms with Crippen LogP contribution in [0.4, 0.5) is 5.82 Å². The van der Waals surface area contributed by atoms with E-state index in [2.05, 4.69) is 43.8 Å². The zero-order valence-electron chi connectivity index (χ0n) is 11.7. The summed E-state index contributed by atoms with van der Waals surface area (Å²) in [5.74, 6) is 1.72. The van der Waals surface area contributed by atoms with Crippen molar-refractivity contribution in [2.24, 2.45) is 11.7 Å². The molecule has 96 valence electrons. The molecule has 3 heteroatoms. The zero-order chi connectivity index (χ0) is 13.0. The first-order chi connectivity index (χ1) is 7.95. The number of rotatable bonds is 5. The summed E-state index contributed by atoms with van der Waals surface area (Å²) in [6.07, 6.45) is 1.16. The lowest BCUT2D eigenvalue weighted by atomic mass is 10.0. The Balaban J connectivity index is 2.93. The molecular weight excluding hydrogens is 210 g/mol. The van der Waals surface area contributed by atoms with Crippen molar-refractivity contribution >= 4 is 5.82 Å². The second kappa shape index (κ2) is 6.01. The first-order valence-electron chi connectivity index (χ1n) is 6.35. The van der Waals surface area contributed by atoms with Gasteiger partial charge in [0.25, 0.3) is 0 Å². The van der Waals surface area contributed by atoms with E-state index in [0.29, 0.717) is 18.5 Å². The van der Waals surface area contributed by atoms with Gasteiger partial charge in [0.15, 0.2) is 0 Å². The molecule has 2 N–H and O–H groups in total. The summed E-state index contributed by atoms with van der Waals surface area (Å²) in [6, 6.07) is 4.58. The van der Waals surface area contributed by atoms with E-state index in [-0.39, 0.29) is 0 Å². The van der Waals surface area contributed by atoms with E-state index in [1.165, 1.54) is 0 Å². The Morgan fingerprint density at radius 2 is 1.94 bits per heavy atom. The number of anilines is 1. The number of nitrogens with zero attached hydrogens (tertiary/aromatic N) is 2. The summed E-state index contributed by atoms with van der Waals surface area (Å²) in [5, 5.41) is 0. The van der Waals surface area contributed by atoms with E-state index in [9.17, 15) is 0 Å². The first-order valence-corrected chi connectivity index (χ1v) is 6.35. The molecule has 0 saturated carbocycles. The molecule has 0 bridgehead atoms. The standard InChI is InChI=1S/C14H25N3/c1-10(2)8-12(4)17(5)14-13(9-15)7-6-11(3)16-14/h6-7,10,12H,8-9,15H2,1-5H3. The smallest absolute Gasteiger partial charge is 0.133 e. The van der Waals surface area contributed by atoms with Gasteiger partial charge in [0.05, 0.1) is 0 Å². The highest BCUT2D eigenvalue weighted by atomic mass is 15.2. The fourth-order valence-electron chi connectivity index (χ4n) is 2.09. The molecule has 3 nitrogen and oxygen atoms in total. The fourth-order valence-corrected chi connectivity index (χ4v) is 2.09. The summed E-state index contributed by atoms with van der Waals surface area (Å²) in [4.78, 5) is 6.86. The Labute approximate surface area is 105 Å². The van der Waals surface area contributed by atoms with Crippen molar-refractivity contribution in [3.8, 4) is 0 Å². The second-order valence-corrected chi connectivity index (χ2v) is 5.23. The van der Waals surface area contributed by atoms with Gasteiger partial charge in [-0.25, -0.2) is 4.98 Å². The number of aromatic nitrogens is 1. The van der Waals surface area contributed by atoms with Crippen molar-refractivity contribution in [3.63, 3.8) is 0 Å². The van der Waals surface area contributed by atoms with Crippen LogP contribution in [0.1, 0.15) is 38.4 Å². The molecule has 0 aliphatic carbocycles. The summed E-state index contributed by atoms with van der Waals surface area (Å²) < 4.78 is 0. The summed E-state index contributed by atoms with van der Waals surface area (Å²) >= 11 is 0. The monoisotopic (exact) mass is 235 g/mol. The van der Waals surface area contributed by atoms with Crippen molar-refractivity contribution in [2.45, 2.75) is 46.7 Å². The van der Waals surface area contributed by atoms with Crippen LogP contribution >= 0.6 is 0 Å². The second-order valence-electron chi connectivity index (χ2n) is 5.23. The average Bonchev–Trinajstić information content (AvgIpc) is 2.27. The molecule has 1 heterocycles. The third-order valence-electron chi connectivity index (χ3n) is 3.12.